The summed E-state index contributed by atoms with van der Waals surface area (Å²) in [5, 5.41) is 14.7. The minimum absolute atomic E-state index is 0.0365. The summed E-state index contributed by atoms with van der Waals surface area (Å²) in [6.07, 6.45) is 3.52. The third-order valence-electron chi connectivity index (χ3n) is 2.51. The topological polar surface area (TPSA) is 79.4 Å². The van der Waals surface area contributed by atoms with E-state index in [4.69, 9.17) is 9.47 Å². The number of benzene rings is 1. The lowest BCUT2D eigenvalue weighted by Gasteiger charge is -2.09. The molecule has 2 rings (SSSR count). The van der Waals surface area contributed by atoms with E-state index in [-0.39, 0.29) is 5.69 Å². The number of ether oxygens (including phenoxy) is 2. The van der Waals surface area contributed by atoms with Crippen LogP contribution in [0.3, 0.4) is 0 Å². The van der Waals surface area contributed by atoms with Crippen LogP contribution in [0.4, 0.5) is 5.69 Å². The van der Waals surface area contributed by atoms with Crippen LogP contribution in [0.5, 0.6) is 11.5 Å². The van der Waals surface area contributed by atoms with Gasteiger partial charge in [-0.25, -0.2) is 0 Å². The van der Waals surface area contributed by atoms with Crippen molar-refractivity contribution in [3.8, 4) is 11.5 Å². The molecule has 0 radical (unpaired) electrons. The molecule has 0 N–H and O–H groups in total. The van der Waals surface area contributed by atoms with Crippen molar-refractivity contribution in [3.05, 3.63) is 46.3 Å². The molecule has 19 heavy (non-hydrogen) atoms. The van der Waals surface area contributed by atoms with Crippen molar-refractivity contribution in [2.45, 2.75) is 6.61 Å². The molecule has 2 aromatic rings. The summed E-state index contributed by atoms with van der Waals surface area (Å²) in [6, 6.07) is 4.23. The Morgan fingerprint density at radius 1 is 1.42 bits per heavy atom. The number of methoxy groups -OCH3 is 1. The first kappa shape index (κ1) is 12.9. The zero-order valence-corrected chi connectivity index (χ0v) is 10.6. The maximum Gasteiger partial charge on any atom is 0.273 e. The number of nitro groups is 1. The first-order valence-corrected chi connectivity index (χ1v) is 5.53. The van der Waals surface area contributed by atoms with E-state index in [2.05, 4.69) is 5.10 Å². The Hall–Kier alpha value is -2.57. The highest BCUT2D eigenvalue weighted by atomic mass is 16.6. The highest BCUT2D eigenvalue weighted by Gasteiger charge is 2.12. The van der Waals surface area contributed by atoms with Gasteiger partial charge >= 0.3 is 0 Å². The number of nitro benzene ring substituents is 1. The Balaban J connectivity index is 2.13. The lowest BCUT2D eigenvalue weighted by molar-refractivity contribution is -0.385. The Kier molecular flexibility index (Phi) is 3.65. The number of non-ortho nitro benzene ring substituents is 1. The molecule has 0 atom stereocenters. The number of aryl methyl sites for hydroxylation is 1. The maximum atomic E-state index is 10.7. The van der Waals surface area contributed by atoms with Gasteiger partial charge in [-0.15, -0.1) is 0 Å². The van der Waals surface area contributed by atoms with Gasteiger partial charge in [0.2, 0.25) is 0 Å². The molecule has 0 amide bonds. The van der Waals surface area contributed by atoms with Crippen LogP contribution in [0.15, 0.2) is 30.6 Å². The minimum Gasteiger partial charge on any atom is -0.493 e. The van der Waals surface area contributed by atoms with Gasteiger partial charge in [-0.1, -0.05) is 0 Å². The summed E-state index contributed by atoms with van der Waals surface area (Å²) in [7, 11) is 3.26. The van der Waals surface area contributed by atoms with Crippen LogP contribution in [0.25, 0.3) is 0 Å². The van der Waals surface area contributed by atoms with Crippen molar-refractivity contribution >= 4 is 5.69 Å². The van der Waals surface area contributed by atoms with E-state index in [0.29, 0.717) is 18.1 Å². The van der Waals surface area contributed by atoms with Crippen LogP contribution in [-0.2, 0) is 13.7 Å². The van der Waals surface area contributed by atoms with Gasteiger partial charge in [0.15, 0.2) is 11.5 Å². The first-order chi connectivity index (χ1) is 9.10. The lowest BCUT2D eigenvalue weighted by Crippen LogP contribution is -1.98. The minimum atomic E-state index is -0.479. The SMILES string of the molecule is COc1cc([N+](=O)[O-])ccc1OCc1cnn(C)c1. The van der Waals surface area contributed by atoms with Gasteiger partial charge in [-0.2, -0.15) is 5.10 Å². The molecular weight excluding hydrogens is 250 g/mol. The van der Waals surface area contributed by atoms with Crippen molar-refractivity contribution in [1.82, 2.24) is 9.78 Å². The van der Waals surface area contributed by atoms with Crippen LogP contribution in [0.1, 0.15) is 5.56 Å². The van der Waals surface area contributed by atoms with Crippen molar-refractivity contribution in [1.29, 1.82) is 0 Å². The fraction of sp³-hybridized carbons (Fsp3) is 0.250. The van der Waals surface area contributed by atoms with Crippen LogP contribution in [0, 0.1) is 10.1 Å². The van der Waals surface area contributed by atoms with Crippen LogP contribution in [0.2, 0.25) is 0 Å². The van der Waals surface area contributed by atoms with Crippen LogP contribution in [-0.4, -0.2) is 21.8 Å². The van der Waals surface area contributed by atoms with E-state index < -0.39 is 4.92 Å². The van der Waals surface area contributed by atoms with E-state index in [9.17, 15) is 10.1 Å². The summed E-state index contributed by atoms with van der Waals surface area (Å²) in [6.45, 7) is 0.321. The zero-order valence-electron chi connectivity index (χ0n) is 10.6. The normalized spacial score (nSPS) is 10.2. The maximum absolute atomic E-state index is 10.7. The molecule has 0 aliphatic heterocycles. The quantitative estimate of drug-likeness (QED) is 0.608. The second-order valence-corrected chi connectivity index (χ2v) is 3.90. The zero-order chi connectivity index (χ0) is 13.8. The van der Waals surface area contributed by atoms with Gasteiger partial charge in [0.1, 0.15) is 6.61 Å². The summed E-state index contributed by atoms with van der Waals surface area (Å²) in [5.41, 5.74) is 0.869. The summed E-state index contributed by atoms with van der Waals surface area (Å²) in [5.74, 6) is 0.787. The molecule has 0 fully saturated rings. The molecule has 0 aliphatic rings. The van der Waals surface area contributed by atoms with Crippen LogP contribution < -0.4 is 9.47 Å². The predicted octanol–water partition coefficient (Wildman–Crippen LogP) is 1.92. The summed E-state index contributed by atoms with van der Waals surface area (Å²) >= 11 is 0. The van der Waals surface area contributed by atoms with Gasteiger partial charge in [-0.05, 0) is 6.07 Å². The fourth-order valence-electron chi connectivity index (χ4n) is 1.60. The average molecular weight is 263 g/mol. The molecule has 1 aromatic heterocycles. The van der Waals surface area contributed by atoms with Gasteiger partial charge in [-0.3, -0.25) is 14.8 Å². The van der Waals surface area contributed by atoms with E-state index in [0.717, 1.165) is 5.56 Å². The Labute approximate surface area is 109 Å². The molecule has 0 aliphatic carbocycles. The molecule has 0 spiro atoms. The molecule has 0 bridgehead atoms. The van der Waals surface area contributed by atoms with Crippen molar-refractivity contribution in [3.63, 3.8) is 0 Å². The van der Waals surface area contributed by atoms with E-state index in [1.807, 2.05) is 13.2 Å². The predicted molar refractivity (Wildman–Crippen MR) is 67.2 cm³/mol. The number of hydrogen-bond donors (Lipinski definition) is 0. The molecule has 0 saturated heterocycles. The third-order valence-corrected chi connectivity index (χ3v) is 2.51. The second-order valence-electron chi connectivity index (χ2n) is 3.90. The Morgan fingerprint density at radius 3 is 2.79 bits per heavy atom. The Bertz CT molecular complexity index is 594. The van der Waals surface area contributed by atoms with E-state index >= 15 is 0 Å². The molecule has 1 aromatic carbocycles. The number of nitrogens with zero attached hydrogens (tertiary/aromatic N) is 3. The van der Waals surface area contributed by atoms with Crippen molar-refractivity contribution in [2.75, 3.05) is 7.11 Å². The fourth-order valence-corrected chi connectivity index (χ4v) is 1.60. The van der Waals surface area contributed by atoms with E-state index in [1.165, 1.54) is 25.3 Å². The van der Waals surface area contributed by atoms with E-state index in [1.54, 1.807) is 10.9 Å². The molecule has 0 unspecified atom stereocenters. The van der Waals surface area contributed by atoms with Gasteiger partial charge in [0, 0.05) is 24.9 Å². The Morgan fingerprint density at radius 2 is 2.21 bits per heavy atom. The van der Waals surface area contributed by atoms with Crippen LogP contribution >= 0.6 is 0 Å². The highest BCUT2D eigenvalue weighted by Crippen LogP contribution is 2.31. The lowest BCUT2D eigenvalue weighted by atomic mass is 10.3. The molecular formula is C12H13N3O4. The summed E-state index contributed by atoms with van der Waals surface area (Å²) in [4.78, 5) is 10.2. The van der Waals surface area contributed by atoms with Crippen molar-refractivity contribution in [2.24, 2.45) is 7.05 Å². The molecule has 7 nitrogen and oxygen atoms in total. The summed E-state index contributed by atoms with van der Waals surface area (Å²) < 4.78 is 12.3. The molecule has 0 saturated carbocycles. The average Bonchev–Trinajstić information content (AvgIpc) is 2.81. The standard InChI is InChI=1S/C12H13N3O4/c1-14-7-9(6-13-14)8-19-11-4-3-10(15(16)17)5-12(11)18-2/h3-7H,8H2,1-2H3. The molecule has 7 heteroatoms. The molecule has 100 valence electrons. The van der Waals surface area contributed by atoms with Crippen molar-refractivity contribution < 1.29 is 14.4 Å². The first-order valence-electron chi connectivity index (χ1n) is 5.53. The number of aromatic nitrogens is 2. The number of rotatable bonds is 5. The van der Waals surface area contributed by atoms with Gasteiger partial charge in [0.05, 0.1) is 24.3 Å². The second kappa shape index (κ2) is 5.38. The molecule has 1 heterocycles. The third kappa shape index (κ3) is 3.01. The largest absolute Gasteiger partial charge is 0.493 e. The smallest absolute Gasteiger partial charge is 0.273 e. The highest BCUT2D eigenvalue weighted by molar-refractivity contribution is 5.48. The number of hydrogen-bond acceptors (Lipinski definition) is 5. The van der Waals surface area contributed by atoms with Gasteiger partial charge in [0.25, 0.3) is 5.69 Å². The van der Waals surface area contributed by atoms with Gasteiger partial charge < -0.3 is 9.47 Å². The monoisotopic (exact) mass is 263 g/mol.